The predicted molar refractivity (Wildman–Crippen MR) is 85.7 cm³/mol. The second kappa shape index (κ2) is 10.8. The monoisotopic (exact) mass is 786 g/mol. The Morgan fingerprint density at radius 2 is 0.375 bits per heavy atom. The molecular weight excluding hydrogens is 786 g/mol. The van der Waals surface area contributed by atoms with Gasteiger partial charge in [-0.05, 0) is 0 Å². The first kappa shape index (κ1) is 43.1. The molecule has 1 rings (SSSR count). The van der Waals surface area contributed by atoms with Gasteiger partial charge in [-0.15, -0.1) is 0 Å². The summed E-state index contributed by atoms with van der Waals surface area (Å²) in [6.45, 7) is 0. The van der Waals surface area contributed by atoms with Crippen LogP contribution in [0.4, 0.5) is 132 Å². The molecular formula is C18F30. The highest BCUT2D eigenvalue weighted by molar-refractivity contribution is 5.32. The first-order chi connectivity index (χ1) is 20.4. The fraction of sp³-hybridized carbons (Fsp3) is 0.667. The van der Waals surface area contributed by atoms with Crippen molar-refractivity contribution in [2.75, 3.05) is 0 Å². The van der Waals surface area contributed by atoms with E-state index in [-0.39, 0.29) is 0 Å². The Morgan fingerprint density at radius 3 is 0.583 bits per heavy atom. The first-order valence-electron chi connectivity index (χ1n) is 10.2. The third-order valence-electron chi connectivity index (χ3n) is 5.82. The van der Waals surface area contributed by atoms with Gasteiger partial charge >= 0.3 is 71.3 Å². The van der Waals surface area contributed by atoms with Gasteiger partial charge in [0.15, 0.2) is 23.3 Å². The number of hydrogen-bond donors (Lipinski definition) is 0. The Labute approximate surface area is 239 Å². The summed E-state index contributed by atoms with van der Waals surface area (Å²) in [6, 6.07) is 0. The molecule has 0 aromatic heterocycles. The maximum absolute atomic E-state index is 14.0. The molecule has 0 heterocycles. The lowest BCUT2D eigenvalue weighted by atomic mass is 9.83. The molecule has 0 spiro atoms. The van der Waals surface area contributed by atoms with Crippen molar-refractivity contribution in [1.29, 1.82) is 0 Å². The van der Waals surface area contributed by atoms with Gasteiger partial charge in [-0.3, -0.25) is 0 Å². The van der Waals surface area contributed by atoms with Gasteiger partial charge in [0, 0.05) is 0 Å². The maximum atomic E-state index is 14.0. The van der Waals surface area contributed by atoms with E-state index in [2.05, 4.69) is 0 Å². The Hall–Kier alpha value is -2.88. The van der Waals surface area contributed by atoms with Crippen molar-refractivity contribution in [2.45, 2.75) is 71.3 Å². The number of alkyl halides is 25. The minimum atomic E-state index is -9.90. The molecule has 1 aromatic rings. The lowest BCUT2D eigenvalue weighted by molar-refractivity contribution is -0.482. The van der Waals surface area contributed by atoms with E-state index >= 15 is 0 Å². The molecule has 0 aliphatic heterocycles. The van der Waals surface area contributed by atoms with E-state index < -0.39 is 106 Å². The van der Waals surface area contributed by atoms with Gasteiger partial charge in [-0.2, -0.15) is 110 Å². The quantitative estimate of drug-likeness (QED) is 0.119. The van der Waals surface area contributed by atoms with Crippen molar-refractivity contribution in [1.82, 2.24) is 0 Å². The fourth-order valence-corrected chi connectivity index (χ4v) is 2.99. The summed E-state index contributed by atoms with van der Waals surface area (Å²) < 4.78 is 402. The van der Waals surface area contributed by atoms with Crippen LogP contribution in [0.15, 0.2) is 0 Å². The van der Waals surface area contributed by atoms with E-state index in [9.17, 15) is 132 Å². The molecule has 30 heteroatoms. The molecule has 0 bridgehead atoms. The maximum Gasteiger partial charge on any atom is 0.460 e. The molecule has 0 N–H and O–H groups in total. The predicted octanol–water partition coefficient (Wildman–Crippen LogP) is 10.4. The lowest BCUT2D eigenvalue weighted by Crippen LogP contribution is -2.78. The van der Waals surface area contributed by atoms with E-state index in [4.69, 9.17) is 0 Å². The number of hydrogen-bond acceptors (Lipinski definition) is 0. The second-order valence-corrected chi connectivity index (χ2v) is 8.76. The molecule has 0 fully saturated rings. The van der Waals surface area contributed by atoms with Gasteiger partial charge in [0.25, 0.3) is 0 Å². The molecule has 0 saturated carbocycles. The highest BCUT2D eigenvalue weighted by Crippen LogP contribution is 2.68. The Kier molecular flexibility index (Phi) is 9.71. The van der Waals surface area contributed by atoms with Gasteiger partial charge in [0.05, 0.1) is 0 Å². The molecule has 0 saturated heterocycles. The summed E-state index contributed by atoms with van der Waals surface area (Å²) in [5.41, 5.74) is -4.71. The summed E-state index contributed by atoms with van der Waals surface area (Å²) in [4.78, 5) is 0. The molecule has 0 aliphatic carbocycles. The third-order valence-corrected chi connectivity index (χ3v) is 5.82. The standard InChI is InChI=1S/C18F30/c19-2-1(3(20)5(22)6(23)4(2)21)7(24,25)8(26,27)9(28,29)10(30,31)11(32,33)12(34,35)13(36,37)14(38,39)15(40,41)16(42,43)17(44,45)18(46,47)48. The molecule has 0 unspecified atom stereocenters. The van der Waals surface area contributed by atoms with Crippen LogP contribution in [-0.4, -0.2) is 65.4 Å². The van der Waals surface area contributed by atoms with E-state index in [0.717, 1.165) is 0 Å². The van der Waals surface area contributed by atoms with Crippen molar-refractivity contribution >= 4 is 0 Å². The average molecular weight is 786 g/mol. The molecule has 282 valence electrons. The van der Waals surface area contributed by atoms with E-state index in [0.29, 0.717) is 0 Å². The average Bonchev–Trinajstić information content (AvgIpc) is 2.88. The lowest BCUT2D eigenvalue weighted by Gasteiger charge is -2.45. The SMILES string of the molecule is Fc1c(F)c(F)c(C(F)(F)C(F)(F)C(F)(F)C(F)(F)C(F)(F)C(F)(F)C(F)(F)C(F)(F)C(F)(F)C(F)(F)C(F)(F)C(F)(F)F)c(F)c1F. The summed E-state index contributed by atoms with van der Waals surface area (Å²) in [5, 5.41) is 0. The smallest absolute Gasteiger partial charge is 0.203 e. The molecule has 48 heavy (non-hydrogen) atoms. The number of rotatable bonds is 11. The Morgan fingerprint density at radius 1 is 0.208 bits per heavy atom. The third kappa shape index (κ3) is 4.81. The van der Waals surface area contributed by atoms with Crippen LogP contribution in [0, 0.1) is 29.1 Å². The number of halogens is 30. The van der Waals surface area contributed by atoms with Gasteiger partial charge < -0.3 is 0 Å². The molecule has 0 amide bonds. The minimum absolute atomic E-state index is 3.64. The first-order valence-corrected chi connectivity index (χ1v) is 10.2. The van der Waals surface area contributed by atoms with Gasteiger partial charge in [-0.1, -0.05) is 0 Å². The van der Waals surface area contributed by atoms with Crippen LogP contribution in [0.2, 0.25) is 0 Å². The fourth-order valence-electron chi connectivity index (χ4n) is 2.99. The van der Waals surface area contributed by atoms with Gasteiger partial charge in [-0.25, -0.2) is 22.0 Å². The van der Waals surface area contributed by atoms with Gasteiger partial charge in [0.1, 0.15) is 5.56 Å². The van der Waals surface area contributed by atoms with E-state index in [1.165, 1.54) is 0 Å². The van der Waals surface area contributed by atoms with Crippen molar-refractivity contribution in [3.63, 3.8) is 0 Å². The highest BCUT2D eigenvalue weighted by Gasteiger charge is 2.99. The van der Waals surface area contributed by atoms with Crippen molar-refractivity contribution in [2.24, 2.45) is 0 Å². The van der Waals surface area contributed by atoms with Crippen LogP contribution < -0.4 is 0 Å². The van der Waals surface area contributed by atoms with Crippen LogP contribution in [0.5, 0.6) is 0 Å². The van der Waals surface area contributed by atoms with Crippen molar-refractivity contribution in [3.05, 3.63) is 34.6 Å². The summed E-state index contributed by atoms with van der Waals surface area (Å²) in [5.74, 6) is -124. The topological polar surface area (TPSA) is 0 Å². The zero-order chi connectivity index (χ0) is 39.5. The second-order valence-electron chi connectivity index (χ2n) is 8.76. The van der Waals surface area contributed by atoms with Crippen LogP contribution >= 0.6 is 0 Å². The van der Waals surface area contributed by atoms with Gasteiger partial charge in [0.2, 0.25) is 5.82 Å². The van der Waals surface area contributed by atoms with Crippen LogP contribution in [-0.2, 0) is 5.92 Å². The zero-order valence-electron chi connectivity index (χ0n) is 20.3. The number of benzene rings is 1. The highest BCUT2D eigenvalue weighted by atomic mass is 19.4. The van der Waals surface area contributed by atoms with Crippen molar-refractivity contribution in [3.8, 4) is 0 Å². The van der Waals surface area contributed by atoms with Crippen LogP contribution in [0.1, 0.15) is 5.56 Å². The summed E-state index contributed by atoms with van der Waals surface area (Å²) >= 11 is 0. The Bertz CT molecular complexity index is 1360. The van der Waals surface area contributed by atoms with Crippen LogP contribution in [0.3, 0.4) is 0 Å². The van der Waals surface area contributed by atoms with Crippen molar-refractivity contribution < 1.29 is 132 Å². The molecule has 0 atom stereocenters. The van der Waals surface area contributed by atoms with E-state index in [1.54, 1.807) is 0 Å². The zero-order valence-corrected chi connectivity index (χ0v) is 20.3. The minimum Gasteiger partial charge on any atom is -0.203 e. The molecule has 0 radical (unpaired) electrons. The van der Waals surface area contributed by atoms with E-state index in [1.807, 2.05) is 0 Å². The molecule has 0 nitrogen and oxygen atoms in total. The molecule has 0 aliphatic rings. The normalized spacial score (nSPS) is 16.1. The molecule has 1 aromatic carbocycles. The summed E-state index contributed by atoms with van der Waals surface area (Å²) in [7, 11) is 0. The Balaban J connectivity index is 4.06. The summed E-state index contributed by atoms with van der Waals surface area (Å²) in [6.07, 6.45) is -8.29. The van der Waals surface area contributed by atoms with Crippen LogP contribution in [0.25, 0.3) is 0 Å². The largest absolute Gasteiger partial charge is 0.460 e.